The van der Waals surface area contributed by atoms with E-state index in [-0.39, 0.29) is 33.5 Å². The van der Waals surface area contributed by atoms with Crippen molar-refractivity contribution in [3.05, 3.63) is 82.2 Å². The van der Waals surface area contributed by atoms with Gasteiger partial charge in [-0.3, -0.25) is 4.79 Å². The Morgan fingerprint density at radius 3 is 2.31 bits per heavy atom. The van der Waals surface area contributed by atoms with Gasteiger partial charge in [-0.2, -0.15) is 0 Å². The molecule has 0 N–H and O–H groups in total. The van der Waals surface area contributed by atoms with Crippen LogP contribution in [0.1, 0.15) is 11.3 Å². The van der Waals surface area contributed by atoms with Gasteiger partial charge in [0.15, 0.2) is 27.2 Å². The van der Waals surface area contributed by atoms with E-state index >= 15 is 0 Å². The topological polar surface area (TPSA) is 73.6 Å². The molecule has 0 amide bonds. The minimum atomic E-state index is -3.42. The van der Waals surface area contributed by atoms with Crippen molar-refractivity contribution < 1.29 is 26.4 Å². The zero-order chi connectivity index (χ0) is 21.3. The van der Waals surface area contributed by atoms with Gasteiger partial charge in [-0.1, -0.05) is 12.7 Å². The van der Waals surface area contributed by atoms with Crippen molar-refractivity contribution in [1.29, 1.82) is 0 Å². The van der Waals surface area contributed by atoms with E-state index in [4.69, 9.17) is 9.15 Å². The van der Waals surface area contributed by atoms with Crippen molar-refractivity contribution in [3.63, 3.8) is 0 Å². The summed E-state index contributed by atoms with van der Waals surface area (Å²) in [5.41, 5.74) is -0.139. The second-order valence-electron chi connectivity index (χ2n) is 6.24. The summed E-state index contributed by atoms with van der Waals surface area (Å²) in [5.74, 6) is -2.27. The Morgan fingerprint density at radius 1 is 1.10 bits per heavy atom. The molecule has 0 aliphatic heterocycles. The Morgan fingerprint density at radius 2 is 1.76 bits per heavy atom. The zero-order valence-electron chi connectivity index (χ0n) is 15.5. The number of sulfone groups is 1. The van der Waals surface area contributed by atoms with E-state index < -0.39 is 26.9 Å². The van der Waals surface area contributed by atoms with Crippen LogP contribution in [-0.4, -0.2) is 14.7 Å². The molecule has 8 heteroatoms. The molecule has 5 nitrogen and oxygen atoms in total. The molecule has 0 bridgehead atoms. The van der Waals surface area contributed by atoms with E-state index in [0.29, 0.717) is 11.6 Å². The van der Waals surface area contributed by atoms with Crippen LogP contribution >= 0.6 is 0 Å². The molecule has 3 rings (SSSR count). The molecular weight excluding hydrogens is 402 g/mol. The number of rotatable bonds is 5. The Kier molecular flexibility index (Phi) is 5.39. The summed E-state index contributed by atoms with van der Waals surface area (Å²) < 4.78 is 61.7. The third-order valence-electron chi connectivity index (χ3n) is 4.15. The van der Waals surface area contributed by atoms with Gasteiger partial charge in [0.1, 0.15) is 11.6 Å². The first kappa shape index (κ1) is 20.5. The molecule has 0 unspecified atom stereocenters. The van der Waals surface area contributed by atoms with Crippen molar-refractivity contribution in [2.45, 2.75) is 11.8 Å². The minimum absolute atomic E-state index is 0.0260. The third-order valence-corrected chi connectivity index (χ3v) is 5.27. The lowest BCUT2D eigenvalue weighted by Gasteiger charge is -2.13. The Bertz CT molecular complexity index is 1260. The fourth-order valence-electron chi connectivity index (χ4n) is 2.68. The highest BCUT2D eigenvalue weighted by atomic mass is 32.2. The van der Waals surface area contributed by atoms with Crippen LogP contribution < -0.4 is 10.2 Å². The summed E-state index contributed by atoms with van der Waals surface area (Å²) in [6.45, 7) is 5.12. The van der Waals surface area contributed by atoms with Crippen molar-refractivity contribution >= 4 is 15.9 Å². The molecule has 1 heterocycles. The average molecular weight is 418 g/mol. The maximum atomic E-state index is 14.1. The van der Waals surface area contributed by atoms with Crippen LogP contribution in [0.25, 0.3) is 17.4 Å². The van der Waals surface area contributed by atoms with Crippen molar-refractivity contribution in [2.75, 3.05) is 6.26 Å². The second kappa shape index (κ2) is 7.63. The fourth-order valence-corrected chi connectivity index (χ4v) is 3.31. The first-order valence-corrected chi connectivity index (χ1v) is 10.2. The summed E-state index contributed by atoms with van der Waals surface area (Å²) in [6, 6.07) is 8.25. The third kappa shape index (κ3) is 4.12. The maximum Gasteiger partial charge on any atom is 0.235 e. The van der Waals surface area contributed by atoms with Gasteiger partial charge in [0.25, 0.3) is 0 Å². The number of hydrogen-bond acceptors (Lipinski definition) is 5. The molecule has 0 fully saturated rings. The van der Waals surface area contributed by atoms with E-state index in [1.54, 1.807) is 6.92 Å². The zero-order valence-corrected chi connectivity index (χ0v) is 16.3. The average Bonchev–Trinajstić information content (AvgIpc) is 2.65. The smallest absolute Gasteiger partial charge is 0.235 e. The second-order valence-corrected chi connectivity index (χ2v) is 8.25. The predicted octanol–water partition coefficient (Wildman–Crippen LogP) is 4.73. The lowest BCUT2D eigenvalue weighted by atomic mass is 10.1. The van der Waals surface area contributed by atoms with Gasteiger partial charge in [-0.05, 0) is 43.3 Å². The predicted molar refractivity (Wildman–Crippen MR) is 105 cm³/mol. The van der Waals surface area contributed by atoms with Crippen molar-refractivity contribution in [3.8, 4) is 22.8 Å². The summed E-state index contributed by atoms with van der Waals surface area (Å²) >= 11 is 0. The van der Waals surface area contributed by atoms with Crippen molar-refractivity contribution in [1.82, 2.24) is 0 Å². The summed E-state index contributed by atoms with van der Waals surface area (Å²) in [4.78, 5) is 13.0. The molecule has 0 saturated carbocycles. The Balaban J connectivity index is 2.21. The van der Waals surface area contributed by atoms with Gasteiger partial charge < -0.3 is 9.15 Å². The number of halogens is 2. The molecule has 0 spiro atoms. The molecule has 0 atom stereocenters. The van der Waals surface area contributed by atoms with Gasteiger partial charge in [0.05, 0.1) is 10.5 Å². The molecule has 0 saturated heterocycles. The number of ether oxygens (including phenoxy) is 1. The Labute approximate surface area is 165 Å². The number of aryl methyl sites for hydroxylation is 1. The highest BCUT2D eigenvalue weighted by Gasteiger charge is 2.21. The molecule has 0 radical (unpaired) electrons. The summed E-state index contributed by atoms with van der Waals surface area (Å²) in [5, 5.41) is 0. The number of benzene rings is 2. The van der Waals surface area contributed by atoms with Gasteiger partial charge in [0, 0.05) is 17.9 Å². The Hall–Kier alpha value is -3.26. The lowest BCUT2D eigenvalue weighted by molar-refractivity contribution is 0.411. The van der Waals surface area contributed by atoms with Crippen LogP contribution in [0.3, 0.4) is 0 Å². The van der Waals surface area contributed by atoms with Gasteiger partial charge in [0.2, 0.25) is 11.2 Å². The number of hydrogen-bond donors (Lipinski definition) is 0. The monoisotopic (exact) mass is 418 g/mol. The van der Waals surface area contributed by atoms with Crippen LogP contribution in [0.4, 0.5) is 8.78 Å². The van der Waals surface area contributed by atoms with Crippen LogP contribution in [0.15, 0.2) is 63.2 Å². The van der Waals surface area contributed by atoms with Crippen molar-refractivity contribution in [2.24, 2.45) is 0 Å². The van der Waals surface area contributed by atoms with Crippen LogP contribution in [0.5, 0.6) is 11.5 Å². The first-order valence-electron chi connectivity index (χ1n) is 8.35. The summed E-state index contributed by atoms with van der Waals surface area (Å²) in [7, 11) is -3.42. The highest BCUT2D eigenvalue weighted by molar-refractivity contribution is 7.90. The molecule has 3 aromatic rings. The quantitative estimate of drug-likeness (QED) is 0.599. The first-order chi connectivity index (χ1) is 13.6. The van der Waals surface area contributed by atoms with E-state index in [9.17, 15) is 22.0 Å². The largest absolute Gasteiger partial charge is 0.457 e. The van der Waals surface area contributed by atoms with E-state index in [0.717, 1.165) is 18.4 Å². The van der Waals surface area contributed by atoms with Gasteiger partial charge >= 0.3 is 0 Å². The van der Waals surface area contributed by atoms with Crippen LogP contribution in [-0.2, 0) is 9.84 Å². The molecule has 0 aliphatic carbocycles. The van der Waals surface area contributed by atoms with Gasteiger partial charge in [-0.25, -0.2) is 17.2 Å². The molecular formula is C21H16F2O5S. The van der Waals surface area contributed by atoms with Crippen LogP contribution in [0, 0.1) is 18.6 Å². The molecule has 29 heavy (non-hydrogen) atoms. The highest BCUT2D eigenvalue weighted by Crippen LogP contribution is 2.34. The van der Waals surface area contributed by atoms with Gasteiger partial charge in [-0.15, -0.1) is 0 Å². The molecule has 1 aromatic heterocycles. The van der Waals surface area contributed by atoms with E-state index in [2.05, 4.69) is 6.58 Å². The fraction of sp³-hybridized carbons (Fsp3) is 0.0952. The SMILES string of the molecule is C=Cc1c(C)oc(-c2ccc(S(C)(=O)=O)cc2)c(Oc2ccc(F)cc2F)c1=O. The molecule has 0 aliphatic rings. The maximum absolute atomic E-state index is 14.1. The van der Waals surface area contributed by atoms with E-state index in [1.807, 2.05) is 0 Å². The summed E-state index contributed by atoms with van der Waals surface area (Å²) in [6.07, 6.45) is 2.35. The molecule has 150 valence electrons. The lowest BCUT2D eigenvalue weighted by Crippen LogP contribution is -2.12. The normalized spacial score (nSPS) is 11.3. The van der Waals surface area contributed by atoms with Crippen LogP contribution in [0.2, 0.25) is 0 Å². The minimum Gasteiger partial charge on any atom is -0.457 e. The van der Waals surface area contributed by atoms with E-state index in [1.165, 1.54) is 30.3 Å². The molecule has 2 aromatic carbocycles. The standard InChI is InChI=1S/C21H16F2O5S/c1-4-16-12(2)27-20(13-5-8-15(9-6-13)29(3,25)26)21(19(16)24)28-18-10-7-14(22)11-17(18)23/h4-11H,1H2,2-3H3.